The first-order chi connectivity index (χ1) is 5.33. The topological polar surface area (TPSA) is 50.4 Å². The SMILES string of the molecule is CCOC(=O)C=C1NCCN1. The largest absolute Gasteiger partial charge is 0.463 e. The van der Waals surface area contributed by atoms with Crippen molar-refractivity contribution in [1.82, 2.24) is 10.6 Å². The molecule has 0 aliphatic carbocycles. The lowest BCUT2D eigenvalue weighted by Gasteiger charge is -1.98. The van der Waals surface area contributed by atoms with Crippen molar-refractivity contribution in [2.75, 3.05) is 19.7 Å². The summed E-state index contributed by atoms with van der Waals surface area (Å²) >= 11 is 0. The highest BCUT2D eigenvalue weighted by Gasteiger charge is 2.05. The van der Waals surface area contributed by atoms with Crippen molar-refractivity contribution in [1.29, 1.82) is 0 Å². The van der Waals surface area contributed by atoms with E-state index in [1.165, 1.54) is 6.08 Å². The summed E-state index contributed by atoms with van der Waals surface area (Å²) in [6, 6.07) is 0. The molecular weight excluding hydrogens is 144 g/mol. The summed E-state index contributed by atoms with van der Waals surface area (Å²) in [6.45, 7) is 3.94. The molecule has 0 amide bonds. The van der Waals surface area contributed by atoms with E-state index in [1.54, 1.807) is 6.92 Å². The predicted molar refractivity (Wildman–Crippen MR) is 40.7 cm³/mol. The number of rotatable bonds is 2. The van der Waals surface area contributed by atoms with Crippen LogP contribution in [0.4, 0.5) is 0 Å². The van der Waals surface area contributed by atoms with Gasteiger partial charge < -0.3 is 15.4 Å². The number of nitrogens with one attached hydrogen (secondary N) is 2. The van der Waals surface area contributed by atoms with E-state index in [2.05, 4.69) is 10.6 Å². The highest BCUT2D eigenvalue weighted by Crippen LogP contribution is 1.90. The van der Waals surface area contributed by atoms with Crippen LogP contribution in [0.3, 0.4) is 0 Å². The predicted octanol–water partition coefficient (Wildman–Crippen LogP) is -0.416. The fourth-order valence-corrected chi connectivity index (χ4v) is 0.861. The number of hydrogen-bond donors (Lipinski definition) is 2. The van der Waals surface area contributed by atoms with Gasteiger partial charge in [-0.25, -0.2) is 4.79 Å². The third-order valence-corrected chi connectivity index (χ3v) is 1.30. The zero-order chi connectivity index (χ0) is 8.10. The monoisotopic (exact) mass is 156 g/mol. The normalized spacial score (nSPS) is 15.2. The molecule has 0 radical (unpaired) electrons. The van der Waals surface area contributed by atoms with Crippen molar-refractivity contribution in [2.45, 2.75) is 6.92 Å². The molecule has 0 saturated carbocycles. The molecule has 1 fully saturated rings. The van der Waals surface area contributed by atoms with Gasteiger partial charge in [0.15, 0.2) is 0 Å². The summed E-state index contributed by atoms with van der Waals surface area (Å²) < 4.78 is 4.71. The van der Waals surface area contributed by atoms with E-state index in [0.717, 1.165) is 18.9 Å². The van der Waals surface area contributed by atoms with Gasteiger partial charge in [0.25, 0.3) is 0 Å². The summed E-state index contributed by atoms with van der Waals surface area (Å²) in [5.41, 5.74) is 0. The van der Waals surface area contributed by atoms with Crippen molar-refractivity contribution in [2.24, 2.45) is 0 Å². The van der Waals surface area contributed by atoms with Crippen LogP contribution < -0.4 is 10.6 Å². The Balaban J connectivity index is 2.36. The number of carbonyl (C=O) groups is 1. The molecule has 4 heteroatoms. The zero-order valence-corrected chi connectivity index (χ0v) is 6.52. The smallest absolute Gasteiger partial charge is 0.334 e. The van der Waals surface area contributed by atoms with Gasteiger partial charge in [0.2, 0.25) is 0 Å². The highest BCUT2D eigenvalue weighted by atomic mass is 16.5. The van der Waals surface area contributed by atoms with E-state index >= 15 is 0 Å². The lowest BCUT2D eigenvalue weighted by molar-refractivity contribution is -0.137. The average molecular weight is 156 g/mol. The molecule has 1 rings (SSSR count). The van der Waals surface area contributed by atoms with Crippen LogP contribution in [-0.2, 0) is 9.53 Å². The molecule has 0 aromatic carbocycles. The van der Waals surface area contributed by atoms with Gasteiger partial charge in [0.1, 0.15) is 5.82 Å². The number of carbonyl (C=O) groups excluding carboxylic acids is 1. The zero-order valence-electron chi connectivity index (χ0n) is 6.52. The van der Waals surface area contributed by atoms with Crippen molar-refractivity contribution >= 4 is 5.97 Å². The Morgan fingerprint density at radius 2 is 2.27 bits per heavy atom. The average Bonchev–Trinajstić information content (AvgIpc) is 2.40. The molecular formula is C7H12N2O2. The van der Waals surface area contributed by atoms with Crippen molar-refractivity contribution < 1.29 is 9.53 Å². The van der Waals surface area contributed by atoms with E-state index < -0.39 is 0 Å². The van der Waals surface area contributed by atoms with Crippen molar-refractivity contribution in [3.8, 4) is 0 Å². The number of ether oxygens (including phenoxy) is 1. The number of esters is 1. The molecule has 62 valence electrons. The van der Waals surface area contributed by atoms with Crippen LogP contribution in [0.1, 0.15) is 6.92 Å². The number of hydrogen-bond acceptors (Lipinski definition) is 4. The second-order valence-corrected chi connectivity index (χ2v) is 2.16. The fraction of sp³-hybridized carbons (Fsp3) is 0.571. The van der Waals surface area contributed by atoms with Gasteiger partial charge >= 0.3 is 5.97 Å². The summed E-state index contributed by atoms with van der Waals surface area (Å²) in [5, 5.41) is 5.99. The van der Waals surface area contributed by atoms with E-state index in [9.17, 15) is 4.79 Å². The van der Waals surface area contributed by atoms with Crippen LogP contribution in [0, 0.1) is 0 Å². The minimum Gasteiger partial charge on any atom is -0.463 e. The Kier molecular flexibility index (Phi) is 2.77. The molecule has 2 N–H and O–H groups in total. The van der Waals surface area contributed by atoms with Gasteiger partial charge in [-0.05, 0) is 6.92 Å². The Morgan fingerprint density at radius 1 is 1.64 bits per heavy atom. The molecule has 1 saturated heterocycles. The molecule has 0 spiro atoms. The molecule has 0 bridgehead atoms. The van der Waals surface area contributed by atoms with Crippen LogP contribution in [0.15, 0.2) is 11.9 Å². The second kappa shape index (κ2) is 3.85. The summed E-state index contributed by atoms with van der Waals surface area (Å²) in [6.07, 6.45) is 1.43. The van der Waals surface area contributed by atoms with Gasteiger partial charge in [0, 0.05) is 13.1 Å². The molecule has 1 heterocycles. The minimum absolute atomic E-state index is 0.301. The second-order valence-electron chi connectivity index (χ2n) is 2.16. The van der Waals surface area contributed by atoms with E-state index in [1.807, 2.05) is 0 Å². The van der Waals surface area contributed by atoms with Crippen molar-refractivity contribution in [3.63, 3.8) is 0 Å². The Labute approximate surface area is 65.6 Å². The molecule has 1 aliphatic rings. The molecule has 11 heavy (non-hydrogen) atoms. The molecule has 4 nitrogen and oxygen atoms in total. The van der Waals surface area contributed by atoms with Gasteiger partial charge in [0.05, 0.1) is 12.7 Å². The Morgan fingerprint density at radius 3 is 2.82 bits per heavy atom. The fourth-order valence-electron chi connectivity index (χ4n) is 0.861. The minimum atomic E-state index is -0.301. The summed E-state index contributed by atoms with van der Waals surface area (Å²) in [7, 11) is 0. The maximum Gasteiger partial charge on any atom is 0.334 e. The van der Waals surface area contributed by atoms with Gasteiger partial charge in [-0.2, -0.15) is 0 Å². The van der Waals surface area contributed by atoms with Gasteiger partial charge in [-0.15, -0.1) is 0 Å². The maximum absolute atomic E-state index is 10.8. The highest BCUT2D eigenvalue weighted by molar-refractivity contribution is 5.82. The van der Waals surface area contributed by atoms with E-state index in [-0.39, 0.29) is 5.97 Å². The Bertz CT molecular complexity index is 169. The van der Waals surface area contributed by atoms with Crippen LogP contribution in [0.25, 0.3) is 0 Å². The first kappa shape index (κ1) is 7.91. The van der Waals surface area contributed by atoms with Crippen LogP contribution in [0.5, 0.6) is 0 Å². The Hall–Kier alpha value is -1.19. The maximum atomic E-state index is 10.8. The lowest BCUT2D eigenvalue weighted by atomic mass is 10.5. The van der Waals surface area contributed by atoms with Crippen LogP contribution in [0.2, 0.25) is 0 Å². The molecule has 0 atom stereocenters. The van der Waals surface area contributed by atoms with Crippen LogP contribution in [-0.4, -0.2) is 25.7 Å². The summed E-state index contributed by atoms with van der Waals surface area (Å²) in [4.78, 5) is 10.8. The van der Waals surface area contributed by atoms with Crippen LogP contribution >= 0.6 is 0 Å². The summed E-state index contributed by atoms with van der Waals surface area (Å²) in [5.74, 6) is 0.452. The molecule has 0 aromatic rings. The van der Waals surface area contributed by atoms with Crippen molar-refractivity contribution in [3.05, 3.63) is 11.9 Å². The first-order valence-corrected chi connectivity index (χ1v) is 3.69. The molecule has 0 unspecified atom stereocenters. The first-order valence-electron chi connectivity index (χ1n) is 3.69. The molecule has 1 aliphatic heterocycles. The third kappa shape index (κ3) is 2.49. The molecule has 0 aromatic heterocycles. The van der Waals surface area contributed by atoms with E-state index in [0.29, 0.717) is 6.61 Å². The van der Waals surface area contributed by atoms with E-state index in [4.69, 9.17) is 4.74 Å². The standard InChI is InChI=1S/C7H12N2O2/c1-2-11-7(10)5-6-8-3-4-9-6/h5,8-9H,2-4H2,1H3. The quantitative estimate of drug-likeness (QED) is 0.421. The third-order valence-electron chi connectivity index (χ3n) is 1.30. The van der Waals surface area contributed by atoms with Gasteiger partial charge in [-0.3, -0.25) is 0 Å². The lowest BCUT2D eigenvalue weighted by Crippen LogP contribution is -2.13. The van der Waals surface area contributed by atoms with Gasteiger partial charge in [-0.1, -0.05) is 0 Å².